The Bertz CT molecular complexity index is 1570. The van der Waals surface area contributed by atoms with E-state index in [1.54, 1.807) is 4.68 Å². The molecule has 2 aromatic heterocycles. The van der Waals surface area contributed by atoms with Crippen LogP contribution in [0.3, 0.4) is 0 Å². The normalized spacial score (nSPS) is 13.5. The monoisotopic (exact) mass is 586 g/mol. The van der Waals surface area contributed by atoms with E-state index < -0.39 is 11.7 Å². The number of hydrogen-bond acceptors (Lipinski definition) is 9. The van der Waals surface area contributed by atoms with Gasteiger partial charge in [0.15, 0.2) is 11.5 Å². The number of hydrogen-bond donors (Lipinski definition) is 3. The zero-order chi connectivity index (χ0) is 30.6. The van der Waals surface area contributed by atoms with Gasteiger partial charge >= 0.3 is 6.09 Å². The van der Waals surface area contributed by atoms with E-state index in [9.17, 15) is 4.79 Å². The van der Waals surface area contributed by atoms with Crippen LogP contribution in [0.2, 0.25) is 0 Å². The van der Waals surface area contributed by atoms with Gasteiger partial charge in [0.05, 0.1) is 18.6 Å². The average molecular weight is 587 g/mol. The Morgan fingerprint density at radius 3 is 2.60 bits per heavy atom. The fraction of sp³-hybridized carbons (Fsp3) is 0.438. The topological polar surface area (TPSA) is 118 Å². The van der Waals surface area contributed by atoms with Crippen molar-refractivity contribution < 1.29 is 14.3 Å². The molecular weight excluding hydrogens is 544 g/mol. The minimum atomic E-state index is -0.506. The number of nitrogens with zero attached hydrogens (tertiary/aromatic N) is 5. The molecule has 0 unspecified atom stereocenters. The lowest BCUT2D eigenvalue weighted by atomic mass is 9.99. The second-order valence-corrected chi connectivity index (χ2v) is 12.0. The van der Waals surface area contributed by atoms with Crippen LogP contribution >= 0.6 is 0 Å². The molecule has 1 aliphatic rings. The van der Waals surface area contributed by atoms with E-state index in [1.807, 2.05) is 34.0 Å². The highest BCUT2D eigenvalue weighted by Gasteiger charge is 2.18. The van der Waals surface area contributed by atoms with Gasteiger partial charge in [-0.3, -0.25) is 4.90 Å². The molecule has 0 saturated heterocycles. The van der Waals surface area contributed by atoms with Gasteiger partial charge in [-0.2, -0.15) is 10.1 Å². The first-order valence-electron chi connectivity index (χ1n) is 14.7. The summed E-state index contributed by atoms with van der Waals surface area (Å²) in [5.74, 6) is 1.26. The zero-order valence-corrected chi connectivity index (χ0v) is 26.0. The summed E-state index contributed by atoms with van der Waals surface area (Å²) in [4.78, 5) is 23.5. The number of nitrogens with one attached hydrogen (secondary N) is 3. The van der Waals surface area contributed by atoms with Gasteiger partial charge < -0.3 is 25.4 Å². The quantitative estimate of drug-likeness (QED) is 0.211. The van der Waals surface area contributed by atoms with Crippen molar-refractivity contribution in [2.45, 2.75) is 53.2 Å². The van der Waals surface area contributed by atoms with Gasteiger partial charge in [0.25, 0.3) is 0 Å². The number of benzene rings is 2. The van der Waals surface area contributed by atoms with E-state index in [2.05, 4.69) is 81.2 Å². The predicted octanol–water partition coefficient (Wildman–Crippen LogP) is 5.37. The van der Waals surface area contributed by atoms with E-state index in [-0.39, 0.29) is 0 Å². The summed E-state index contributed by atoms with van der Waals surface area (Å²) < 4.78 is 12.8. The third-order valence-electron chi connectivity index (χ3n) is 7.33. The Morgan fingerprint density at radius 1 is 1.05 bits per heavy atom. The Balaban J connectivity index is 1.15. The van der Waals surface area contributed by atoms with Crippen molar-refractivity contribution in [3.63, 3.8) is 0 Å². The fourth-order valence-corrected chi connectivity index (χ4v) is 5.17. The lowest BCUT2D eigenvalue weighted by Gasteiger charge is -2.29. The van der Waals surface area contributed by atoms with Crippen molar-refractivity contribution in [1.29, 1.82) is 0 Å². The molecule has 0 aliphatic carbocycles. The van der Waals surface area contributed by atoms with Crippen LogP contribution in [0.25, 0.3) is 11.0 Å². The number of para-hydroxylation sites is 1. The van der Waals surface area contributed by atoms with Crippen molar-refractivity contribution in [1.82, 2.24) is 30.0 Å². The minimum Gasteiger partial charge on any atom is -0.444 e. The highest BCUT2D eigenvalue weighted by molar-refractivity contribution is 5.90. The maximum Gasteiger partial charge on any atom is 0.407 e. The fourth-order valence-electron chi connectivity index (χ4n) is 5.17. The molecule has 0 saturated carbocycles. The van der Waals surface area contributed by atoms with Gasteiger partial charge in [0.1, 0.15) is 5.60 Å². The zero-order valence-electron chi connectivity index (χ0n) is 26.0. The van der Waals surface area contributed by atoms with E-state index in [4.69, 9.17) is 14.5 Å². The number of amides is 1. The molecule has 2 aromatic carbocycles. The lowest BCUT2D eigenvalue weighted by Crippen LogP contribution is -2.35. The number of carbonyl (C=O) groups excluding carboxylic acids is 1. The maximum atomic E-state index is 11.7. The predicted molar refractivity (Wildman–Crippen MR) is 169 cm³/mol. The number of aromatic nitrogens is 4. The van der Waals surface area contributed by atoms with Crippen LogP contribution in [-0.4, -0.2) is 69.2 Å². The van der Waals surface area contributed by atoms with Crippen molar-refractivity contribution in [2.24, 2.45) is 7.05 Å². The third kappa shape index (κ3) is 7.79. The Morgan fingerprint density at radius 2 is 1.84 bits per heavy atom. The molecule has 0 fully saturated rings. The molecule has 43 heavy (non-hydrogen) atoms. The standard InChI is InChI=1S/C32H42N8O3/c1-21-8-7-9-22(2)27(21)36-28-26-19-34-30(37-29(26)39(6)38-28)35-25-11-10-23-12-14-40(20-24(23)18-25)15-17-42-16-13-33-31(41)43-32(3,4)5/h7-11,18-19H,12-17,20H2,1-6H3,(H,33,41)(H,36,38)(H,34,35,37). The van der Waals surface area contributed by atoms with E-state index >= 15 is 0 Å². The highest BCUT2D eigenvalue weighted by Crippen LogP contribution is 2.29. The number of anilines is 4. The lowest BCUT2D eigenvalue weighted by molar-refractivity contribution is 0.0489. The Labute approximate surface area is 253 Å². The molecule has 3 N–H and O–H groups in total. The molecule has 11 nitrogen and oxygen atoms in total. The first-order valence-corrected chi connectivity index (χ1v) is 14.7. The molecule has 1 aliphatic heterocycles. The summed E-state index contributed by atoms with van der Waals surface area (Å²) in [6.07, 6.45) is 2.38. The second-order valence-electron chi connectivity index (χ2n) is 12.0. The first-order chi connectivity index (χ1) is 20.6. The number of alkyl carbamates (subject to hydrolysis) is 1. The van der Waals surface area contributed by atoms with Crippen LogP contribution in [0.4, 0.5) is 27.9 Å². The van der Waals surface area contributed by atoms with E-state index in [1.165, 1.54) is 11.1 Å². The van der Waals surface area contributed by atoms with Crippen molar-refractivity contribution in [3.05, 3.63) is 64.8 Å². The molecule has 0 radical (unpaired) electrons. The van der Waals surface area contributed by atoms with E-state index in [0.29, 0.717) is 25.7 Å². The average Bonchev–Trinajstić information content (AvgIpc) is 3.25. The molecule has 4 aromatic rings. The largest absolute Gasteiger partial charge is 0.444 e. The molecule has 3 heterocycles. The molecule has 0 spiro atoms. The smallest absolute Gasteiger partial charge is 0.407 e. The van der Waals surface area contributed by atoms with Gasteiger partial charge in [-0.1, -0.05) is 24.3 Å². The van der Waals surface area contributed by atoms with Crippen LogP contribution in [0.15, 0.2) is 42.6 Å². The molecule has 0 atom stereocenters. The molecule has 0 bridgehead atoms. The van der Waals surface area contributed by atoms with Crippen LogP contribution in [0, 0.1) is 13.8 Å². The van der Waals surface area contributed by atoms with Gasteiger partial charge in [0, 0.05) is 50.8 Å². The molecule has 5 rings (SSSR count). The number of fused-ring (bicyclic) bond motifs is 2. The number of rotatable bonds is 10. The number of carbonyl (C=O) groups is 1. The van der Waals surface area contributed by atoms with Gasteiger partial charge in [-0.25, -0.2) is 14.5 Å². The molecule has 1 amide bonds. The van der Waals surface area contributed by atoms with Crippen molar-refractivity contribution >= 4 is 40.3 Å². The summed E-state index contributed by atoms with van der Waals surface area (Å²) in [5.41, 5.74) is 7.19. The maximum absolute atomic E-state index is 11.7. The molecule has 11 heteroatoms. The second kappa shape index (κ2) is 13.0. The van der Waals surface area contributed by atoms with Crippen LogP contribution in [0.5, 0.6) is 0 Å². The summed E-state index contributed by atoms with van der Waals surface area (Å²) in [6.45, 7) is 13.8. The van der Waals surface area contributed by atoms with Crippen LogP contribution < -0.4 is 16.0 Å². The van der Waals surface area contributed by atoms with Crippen LogP contribution in [0.1, 0.15) is 43.0 Å². The number of aryl methyl sites for hydroxylation is 3. The van der Waals surface area contributed by atoms with E-state index in [0.717, 1.165) is 65.4 Å². The third-order valence-corrected chi connectivity index (χ3v) is 7.33. The van der Waals surface area contributed by atoms with Crippen LogP contribution in [-0.2, 0) is 29.5 Å². The van der Waals surface area contributed by atoms with Crippen molar-refractivity contribution in [3.8, 4) is 0 Å². The number of ether oxygens (including phenoxy) is 2. The van der Waals surface area contributed by atoms with Gasteiger partial charge in [-0.05, 0) is 75.4 Å². The Hall–Kier alpha value is -4.22. The molecular formula is C32H42N8O3. The first kappa shape index (κ1) is 30.2. The summed E-state index contributed by atoms with van der Waals surface area (Å²) in [5, 5.41) is 15.1. The SMILES string of the molecule is Cc1cccc(C)c1Nc1nn(C)c2nc(Nc3ccc4c(c3)CN(CCOCCNC(=O)OC(C)(C)C)CC4)ncc12. The summed E-state index contributed by atoms with van der Waals surface area (Å²) in [6, 6.07) is 12.7. The minimum absolute atomic E-state index is 0.420. The Kier molecular flexibility index (Phi) is 9.12. The summed E-state index contributed by atoms with van der Waals surface area (Å²) >= 11 is 0. The summed E-state index contributed by atoms with van der Waals surface area (Å²) in [7, 11) is 1.89. The van der Waals surface area contributed by atoms with Gasteiger partial charge in [-0.15, -0.1) is 0 Å². The van der Waals surface area contributed by atoms with Crippen molar-refractivity contribution in [2.75, 3.05) is 43.5 Å². The molecule has 228 valence electrons. The van der Waals surface area contributed by atoms with Gasteiger partial charge in [0.2, 0.25) is 5.95 Å². The highest BCUT2D eigenvalue weighted by atomic mass is 16.6.